The first kappa shape index (κ1) is 16.2. The molecule has 1 amide bonds. The van der Waals surface area contributed by atoms with Gasteiger partial charge in [-0.1, -0.05) is 25.5 Å². The number of hydrogen-bond acceptors (Lipinski definition) is 3. The van der Waals surface area contributed by atoms with Crippen LogP contribution in [0.1, 0.15) is 42.0 Å². The Bertz CT molecular complexity index is 635. The zero-order chi connectivity index (χ0) is 16.2. The van der Waals surface area contributed by atoms with E-state index in [1.165, 1.54) is 24.3 Å². The topological polar surface area (TPSA) is 78.0 Å². The Morgan fingerprint density at radius 3 is 2.73 bits per heavy atom. The van der Waals surface area contributed by atoms with Crippen molar-refractivity contribution in [1.82, 2.24) is 15.5 Å². The number of hydrogen-bond donors (Lipinski definition) is 3. The Kier molecular flexibility index (Phi) is 4.92. The monoisotopic (exact) mass is 305 g/mol. The molecule has 0 aliphatic rings. The highest BCUT2D eigenvalue weighted by atomic mass is 19.1. The van der Waals surface area contributed by atoms with Crippen LogP contribution in [-0.2, 0) is 12.0 Å². The fourth-order valence-corrected chi connectivity index (χ4v) is 2.13. The van der Waals surface area contributed by atoms with Gasteiger partial charge in [-0.3, -0.25) is 9.89 Å². The summed E-state index contributed by atoms with van der Waals surface area (Å²) >= 11 is 0. The number of aromatic amines is 1. The molecule has 1 aromatic heterocycles. The minimum Gasteiger partial charge on any atom is -0.384 e. The number of nitrogens with zero attached hydrogens (tertiary/aromatic N) is 1. The molecule has 0 saturated carbocycles. The smallest absolute Gasteiger partial charge is 0.271 e. The highest BCUT2D eigenvalue weighted by Gasteiger charge is 2.24. The first-order valence-electron chi connectivity index (χ1n) is 7.23. The molecule has 22 heavy (non-hydrogen) atoms. The third kappa shape index (κ3) is 3.92. The normalized spacial score (nSPS) is 13.6. The van der Waals surface area contributed by atoms with E-state index in [0.29, 0.717) is 11.3 Å². The predicted molar refractivity (Wildman–Crippen MR) is 80.9 cm³/mol. The number of benzene rings is 1. The molecule has 5 nitrogen and oxygen atoms in total. The lowest BCUT2D eigenvalue weighted by atomic mass is 9.96. The van der Waals surface area contributed by atoms with E-state index in [9.17, 15) is 14.3 Å². The van der Waals surface area contributed by atoms with Crippen LogP contribution in [0.3, 0.4) is 0 Å². The number of amides is 1. The lowest BCUT2D eigenvalue weighted by Crippen LogP contribution is -2.38. The van der Waals surface area contributed by atoms with Crippen molar-refractivity contribution in [3.05, 3.63) is 53.1 Å². The predicted octanol–water partition coefficient (Wildman–Crippen LogP) is 2.14. The van der Waals surface area contributed by atoms with Gasteiger partial charge in [0.05, 0.1) is 6.54 Å². The summed E-state index contributed by atoms with van der Waals surface area (Å²) in [6.07, 6.45) is 1.79. The average molecular weight is 305 g/mol. The van der Waals surface area contributed by atoms with E-state index < -0.39 is 5.60 Å². The second kappa shape index (κ2) is 6.70. The maximum atomic E-state index is 12.9. The zero-order valence-electron chi connectivity index (χ0n) is 12.7. The first-order chi connectivity index (χ1) is 10.4. The van der Waals surface area contributed by atoms with Gasteiger partial charge < -0.3 is 10.4 Å². The molecule has 1 heterocycles. The lowest BCUT2D eigenvalue weighted by molar-refractivity contribution is 0.0524. The molecule has 0 aliphatic heterocycles. The maximum Gasteiger partial charge on any atom is 0.271 e. The summed E-state index contributed by atoms with van der Waals surface area (Å²) in [5.74, 6) is -0.732. The number of rotatable bonds is 6. The Labute approximate surface area is 128 Å². The van der Waals surface area contributed by atoms with Crippen molar-refractivity contribution in [3.63, 3.8) is 0 Å². The van der Waals surface area contributed by atoms with Gasteiger partial charge in [-0.05, 0) is 37.1 Å². The highest BCUT2D eigenvalue weighted by Crippen LogP contribution is 2.20. The second-order valence-corrected chi connectivity index (χ2v) is 5.49. The summed E-state index contributed by atoms with van der Waals surface area (Å²) in [7, 11) is 0. The van der Waals surface area contributed by atoms with E-state index in [-0.39, 0.29) is 18.3 Å². The molecule has 3 N–H and O–H groups in total. The van der Waals surface area contributed by atoms with Crippen LogP contribution in [-0.4, -0.2) is 27.8 Å². The number of aromatic nitrogens is 2. The Balaban J connectivity index is 1.98. The Morgan fingerprint density at radius 1 is 1.41 bits per heavy atom. The number of carbonyl (C=O) groups is 1. The minimum absolute atomic E-state index is 0.00738. The molecule has 6 heteroatoms. The van der Waals surface area contributed by atoms with E-state index in [2.05, 4.69) is 15.5 Å². The van der Waals surface area contributed by atoms with Gasteiger partial charge in [0.15, 0.2) is 0 Å². The molecule has 1 atom stereocenters. The number of aliphatic hydroxyl groups is 1. The van der Waals surface area contributed by atoms with E-state index in [1.807, 2.05) is 6.92 Å². The Morgan fingerprint density at radius 2 is 2.09 bits per heavy atom. The van der Waals surface area contributed by atoms with Gasteiger partial charge in [-0.25, -0.2) is 4.39 Å². The van der Waals surface area contributed by atoms with Gasteiger partial charge in [0.25, 0.3) is 5.91 Å². The number of carbonyl (C=O) groups excluding carboxylic acids is 1. The lowest BCUT2D eigenvalue weighted by Gasteiger charge is -2.24. The van der Waals surface area contributed by atoms with Crippen LogP contribution in [0.15, 0.2) is 30.3 Å². The summed E-state index contributed by atoms with van der Waals surface area (Å²) in [5.41, 5.74) is 0.436. The van der Waals surface area contributed by atoms with Gasteiger partial charge in [-0.2, -0.15) is 5.10 Å². The van der Waals surface area contributed by atoms with Crippen molar-refractivity contribution in [3.8, 4) is 0 Å². The number of aryl methyl sites for hydroxylation is 1. The summed E-state index contributed by atoms with van der Waals surface area (Å²) in [5, 5.41) is 19.8. The molecular formula is C16H20FN3O2. The van der Waals surface area contributed by atoms with Gasteiger partial charge in [-0.15, -0.1) is 0 Å². The zero-order valence-corrected chi connectivity index (χ0v) is 12.7. The van der Waals surface area contributed by atoms with E-state index >= 15 is 0 Å². The van der Waals surface area contributed by atoms with Crippen molar-refractivity contribution in [2.24, 2.45) is 0 Å². The van der Waals surface area contributed by atoms with E-state index in [0.717, 1.165) is 18.5 Å². The van der Waals surface area contributed by atoms with Crippen LogP contribution < -0.4 is 5.32 Å². The van der Waals surface area contributed by atoms with Gasteiger partial charge >= 0.3 is 0 Å². The van der Waals surface area contributed by atoms with E-state index in [1.54, 1.807) is 13.0 Å². The van der Waals surface area contributed by atoms with Gasteiger partial charge in [0, 0.05) is 5.69 Å². The molecule has 0 spiro atoms. The second-order valence-electron chi connectivity index (χ2n) is 5.49. The minimum atomic E-state index is -1.29. The summed E-state index contributed by atoms with van der Waals surface area (Å²) < 4.78 is 12.9. The summed E-state index contributed by atoms with van der Waals surface area (Å²) in [6.45, 7) is 3.61. The molecule has 2 aromatic rings. The van der Waals surface area contributed by atoms with Crippen molar-refractivity contribution in [2.45, 2.75) is 32.3 Å². The quantitative estimate of drug-likeness (QED) is 0.765. The molecule has 0 aliphatic carbocycles. The fraction of sp³-hybridized carbons (Fsp3) is 0.375. The number of nitrogens with one attached hydrogen (secondary N) is 2. The summed E-state index contributed by atoms with van der Waals surface area (Å²) in [4.78, 5) is 12.0. The number of H-pyrrole nitrogens is 1. The summed E-state index contributed by atoms with van der Waals surface area (Å²) in [6, 6.07) is 7.24. The fourth-order valence-electron chi connectivity index (χ4n) is 2.13. The maximum absolute atomic E-state index is 12.9. The van der Waals surface area contributed by atoms with Crippen molar-refractivity contribution >= 4 is 5.91 Å². The molecule has 0 bridgehead atoms. The molecular weight excluding hydrogens is 285 g/mol. The first-order valence-corrected chi connectivity index (χ1v) is 7.23. The van der Waals surface area contributed by atoms with Crippen molar-refractivity contribution in [1.29, 1.82) is 0 Å². The Hall–Kier alpha value is -2.21. The third-order valence-corrected chi connectivity index (χ3v) is 3.44. The molecule has 0 fully saturated rings. The highest BCUT2D eigenvalue weighted by molar-refractivity contribution is 5.92. The molecule has 0 saturated heterocycles. The van der Waals surface area contributed by atoms with Gasteiger partial charge in [0.1, 0.15) is 17.1 Å². The van der Waals surface area contributed by atoms with Crippen LogP contribution in [0.5, 0.6) is 0 Å². The van der Waals surface area contributed by atoms with Gasteiger partial charge in [0.2, 0.25) is 0 Å². The van der Waals surface area contributed by atoms with Crippen LogP contribution in [0.2, 0.25) is 0 Å². The van der Waals surface area contributed by atoms with Crippen LogP contribution in [0, 0.1) is 5.82 Å². The number of halogens is 1. The third-order valence-electron chi connectivity index (χ3n) is 3.44. The molecule has 2 rings (SSSR count). The molecule has 1 aromatic carbocycles. The molecule has 118 valence electrons. The standard InChI is InChI=1S/C16H20FN3O2/c1-3-4-13-9-14(20-19-13)15(21)18-10-16(2,22)11-5-7-12(17)8-6-11/h5-9,22H,3-4,10H2,1-2H3,(H,18,21)(H,19,20). The van der Waals surface area contributed by atoms with Crippen molar-refractivity contribution < 1.29 is 14.3 Å². The van der Waals surface area contributed by atoms with Crippen LogP contribution in [0.25, 0.3) is 0 Å². The van der Waals surface area contributed by atoms with E-state index in [4.69, 9.17) is 0 Å². The average Bonchev–Trinajstić information content (AvgIpc) is 2.94. The van der Waals surface area contributed by atoms with Crippen LogP contribution in [0.4, 0.5) is 4.39 Å². The largest absolute Gasteiger partial charge is 0.384 e. The van der Waals surface area contributed by atoms with Crippen LogP contribution >= 0.6 is 0 Å². The molecule has 1 unspecified atom stereocenters. The molecule has 0 radical (unpaired) electrons. The SMILES string of the molecule is CCCc1cc(C(=O)NCC(C)(O)c2ccc(F)cc2)n[nH]1. The van der Waals surface area contributed by atoms with Crippen molar-refractivity contribution in [2.75, 3.05) is 6.54 Å².